The Kier molecular flexibility index (Phi) is 5.77. The predicted octanol–water partition coefficient (Wildman–Crippen LogP) is 4.68. The van der Waals surface area contributed by atoms with E-state index in [1.54, 1.807) is 7.11 Å². The van der Waals surface area contributed by atoms with E-state index in [0.29, 0.717) is 29.2 Å². The molecule has 0 N–H and O–H groups in total. The smallest absolute Gasteiger partial charge is 0.276 e. The summed E-state index contributed by atoms with van der Waals surface area (Å²) in [6.07, 6.45) is 0. The second kappa shape index (κ2) is 8.21. The second-order valence-electron chi connectivity index (χ2n) is 4.73. The van der Waals surface area contributed by atoms with Crippen molar-refractivity contribution in [1.82, 2.24) is 10.2 Å². The van der Waals surface area contributed by atoms with Gasteiger partial charge < -0.3 is 13.9 Å². The van der Waals surface area contributed by atoms with Gasteiger partial charge in [-0.3, -0.25) is 0 Å². The number of nitrogens with zero attached hydrogens (tertiary/aromatic N) is 2. The highest BCUT2D eigenvalue weighted by Gasteiger charge is 2.13. The van der Waals surface area contributed by atoms with Crippen LogP contribution in [0.25, 0.3) is 11.5 Å². The average Bonchev–Trinajstić information content (AvgIpc) is 3.07. The molecule has 0 atom stereocenters. The lowest BCUT2D eigenvalue weighted by Gasteiger charge is -2.05. The first-order valence-corrected chi connectivity index (χ1v) is 9.02. The van der Waals surface area contributed by atoms with Crippen molar-refractivity contribution in [2.24, 2.45) is 0 Å². The van der Waals surface area contributed by atoms with Gasteiger partial charge in [0.1, 0.15) is 11.5 Å². The Morgan fingerprint density at radius 2 is 2.00 bits per heavy atom. The first kappa shape index (κ1) is 16.9. The fraction of sp³-hybridized carbons (Fsp3) is 0.176. The minimum absolute atomic E-state index is 0.447. The number of rotatable bonds is 7. The Bertz CT molecular complexity index is 810. The third-order valence-electron chi connectivity index (χ3n) is 3.12. The molecule has 0 aliphatic rings. The molecular formula is C17H15BrN2O3S. The van der Waals surface area contributed by atoms with E-state index in [0.717, 1.165) is 15.8 Å². The largest absolute Gasteiger partial charge is 0.496 e. The number of ether oxygens (including phenoxy) is 2. The number of hydrogen-bond acceptors (Lipinski definition) is 6. The van der Waals surface area contributed by atoms with E-state index < -0.39 is 0 Å². The zero-order valence-electron chi connectivity index (χ0n) is 12.9. The Morgan fingerprint density at radius 3 is 2.83 bits per heavy atom. The summed E-state index contributed by atoms with van der Waals surface area (Å²) in [6, 6.07) is 15.3. The van der Waals surface area contributed by atoms with Crippen molar-refractivity contribution in [3.63, 3.8) is 0 Å². The van der Waals surface area contributed by atoms with Crippen molar-refractivity contribution in [2.75, 3.05) is 19.5 Å². The first-order chi connectivity index (χ1) is 11.8. The van der Waals surface area contributed by atoms with Gasteiger partial charge in [-0.25, -0.2) is 0 Å². The zero-order valence-corrected chi connectivity index (χ0v) is 15.3. The van der Waals surface area contributed by atoms with Gasteiger partial charge >= 0.3 is 0 Å². The Balaban J connectivity index is 1.55. The van der Waals surface area contributed by atoms with E-state index in [-0.39, 0.29) is 0 Å². The van der Waals surface area contributed by atoms with Gasteiger partial charge in [-0.05, 0) is 30.3 Å². The molecule has 0 aliphatic heterocycles. The fourth-order valence-electron chi connectivity index (χ4n) is 2.04. The molecule has 1 heterocycles. The van der Waals surface area contributed by atoms with E-state index in [2.05, 4.69) is 26.1 Å². The molecule has 3 aromatic rings. The second-order valence-corrected chi connectivity index (χ2v) is 6.69. The van der Waals surface area contributed by atoms with Gasteiger partial charge in [0.2, 0.25) is 0 Å². The van der Waals surface area contributed by atoms with Crippen LogP contribution < -0.4 is 9.47 Å². The quantitative estimate of drug-likeness (QED) is 0.419. The average molecular weight is 407 g/mol. The summed E-state index contributed by atoms with van der Waals surface area (Å²) in [5.41, 5.74) is 0.782. The van der Waals surface area contributed by atoms with Crippen LogP contribution in [0.1, 0.15) is 0 Å². The maximum atomic E-state index is 5.68. The maximum Gasteiger partial charge on any atom is 0.276 e. The van der Waals surface area contributed by atoms with Crippen LogP contribution in [0.4, 0.5) is 0 Å². The predicted molar refractivity (Wildman–Crippen MR) is 96.6 cm³/mol. The van der Waals surface area contributed by atoms with Crippen LogP contribution >= 0.6 is 27.7 Å². The Morgan fingerprint density at radius 1 is 1.12 bits per heavy atom. The molecule has 1 aromatic heterocycles. The number of methoxy groups -OCH3 is 1. The maximum absolute atomic E-state index is 5.68. The summed E-state index contributed by atoms with van der Waals surface area (Å²) < 4.78 is 17.7. The van der Waals surface area contributed by atoms with Crippen molar-refractivity contribution in [3.05, 3.63) is 53.0 Å². The van der Waals surface area contributed by atoms with Crippen molar-refractivity contribution in [3.8, 4) is 23.0 Å². The molecule has 0 unspecified atom stereocenters. The van der Waals surface area contributed by atoms with Crippen LogP contribution in [0.5, 0.6) is 11.5 Å². The molecular weight excluding hydrogens is 392 g/mol. The molecule has 0 aliphatic carbocycles. The van der Waals surface area contributed by atoms with E-state index >= 15 is 0 Å². The zero-order chi connectivity index (χ0) is 16.8. The molecule has 0 spiro atoms. The highest BCUT2D eigenvalue weighted by molar-refractivity contribution is 9.10. The highest BCUT2D eigenvalue weighted by Crippen LogP contribution is 2.30. The van der Waals surface area contributed by atoms with Gasteiger partial charge in [-0.15, -0.1) is 10.2 Å². The molecule has 0 amide bonds. The van der Waals surface area contributed by atoms with Crippen molar-refractivity contribution in [1.29, 1.82) is 0 Å². The molecule has 0 fully saturated rings. The van der Waals surface area contributed by atoms with Crippen LogP contribution in [0.3, 0.4) is 0 Å². The lowest BCUT2D eigenvalue weighted by atomic mass is 10.2. The third-order valence-corrected chi connectivity index (χ3v) is 4.39. The minimum Gasteiger partial charge on any atom is -0.496 e. The Labute approximate surface area is 152 Å². The molecule has 24 heavy (non-hydrogen) atoms. The fourth-order valence-corrected chi connectivity index (χ4v) is 3.00. The monoisotopic (exact) mass is 406 g/mol. The van der Waals surface area contributed by atoms with Crippen LogP contribution in [0.15, 0.2) is 62.6 Å². The van der Waals surface area contributed by atoms with E-state index in [1.807, 2.05) is 48.5 Å². The molecule has 0 saturated heterocycles. The number of thioether (sulfide) groups is 1. The van der Waals surface area contributed by atoms with Gasteiger partial charge in [0.05, 0.1) is 19.3 Å². The summed E-state index contributed by atoms with van der Waals surface area (Å²) in [4.78, 5) is 0. The highest BCUT2D eigenvalue weighted by atomic mass is 79.9. The van der Waals surface area contributed by atoms with Crippen LogP contribution in [-0.2, 0) is 0 Å². The standard InChI is InChI=1S/C17H15BrN2O3S/c1-21-15-8-3-2-7-14(15)16-19-20-17(23-16)24-10-9-22-13-6-4-5-12(18)11-13/h2-8,11H,9-10H2,1H3. The van der Waals surface area contributed by atoms with E-state index in [1.165, 1.54) is 11.8 Å². The van der Waals surface area contributed by atoms with Crippen LogP contribution in [0.2, 0.25) is 0 Å². The number of halogens is 1. The SMILES string of the molecule is COc1ccccc1-c1nnc(SCCOc2cccc(Br)c2)o1. The Hall–Kier alpha value is -1.99. The molecule has 3 rings (SSSR count). The summed E-state index contributed by atoms with van der Waals surface area (Å²) in [5, 5.41) is 8.64. The van der Waals surface area contributed by atoms with Gasteiger partial charge in [0, 0.05) is 10.2 Å². The summed E-state index contributed by atoms with van der Waals surface area (Å²) in [7, 11) is 1.62. The minimum atomic E-state index is 0.447. The topological polar surface area (TPSA) is 57.4 Å². The van der Waals surface area contributed by atoms with Crippen molar-refractivity contribution < 1.29 is 13.9 Å². The number of benzene rings is 2. The van der Waals surface area contributed by atoms with Crippen LogP contribution in [-0.4, -0.2) is 29.7 Å². The molecule has 5 nitrogen and oxygen atoms in total. The molecule has 124 valence electrons. The van der Waals surface area contributed by atoms with Crippen molar-refractivity contribution >= 4 is 27.7 Å². The number of para-hydroxylation sites is 1. The molecule has 2 aromatic carbocycles. The molecule has 0 saturated carbocycles. The molecule has 0 bridgehead atoms. The first-order valence-electron chi connectivity index (χ1n) is 7.24. The third kappa shape index (κ3) is 4.30. The van der Waals surface area contributed by atoms with Gasteiger partial charge in [0.25, 0.3) is 11.1 Å². The number of hydrogen-bond donors (Lipinski definition) is 0. The van der Waals surface area contributed by atoms with Crippen LogP contribution in [0, 0.1) is 0 Å². The molecule has 7 heteroatoms. The van der Waals surface area contributed by atoms with E-state index in [4.69, 9.17) is 13.9 Å². The normalized spacial score (nSPS) is 10.6. The molecule has 0 radical (unpaired) electrons. The summed E-state index contributed by atoms with van der Waals surface area (Å²) >= 11 is 4.87. The van der Waals surface area contributed by atoms with Crippen molar-refractivity contribution in [2.45, 2.75) is 5.22 Å². The summed E-state index contributed by atoms with van der Waals surface area (Å²) in [5.74, 6) is 2.68. The van der Waals surface area contributed by atoms with Gasteiger partial charge in [-0.2, -0.15) is 0 Å². The van der Waals surface area contributed by atoms with Gasteiger partial charge in [-0.1, -0.05) is 45.9 Å². The lowest BCUT2D eigenvalue weighted by molar-refractivity contribution is 0.343. The number of aromatic nitrogens is 2. The lowest BCUT2D eigenvalue weighted by Crippen LogP contribution is -1.99. The summed E-state index contributed by atoms with van der Waals surface area (Å²) in [6.45, 7) is 0.549. The van der Waals surface area contributed by atoms with E-state index in [9.17, 15) is 0 Å². The van der Waals surface area contributed by atoms with Gasteiger partial charge in [0.15, 0.2) is 0 Å².